The summed E-state index contributed by atoms with van der Waals surface area (Å²) in [5.74, 6) is 1.10. The van der Waals surface area contributed by atoms with Crippen molar-refractivity contribution in [3.05, 3.63) is 5.51 Å². The lowest BCUT2D eigenvalue weighted by Crippen LogP contribution is -2.24. The molecular weight excluding hydrogens is 194 g/mol. The fraction of sp³-hybridized carbons (Fsp3) is 0.714. The molecule has 0 fully saturated rings. The van der Waals surface area contributed by atoms with Gasteiger partial charge in [0, 0.05) is 11.9 Å². The molecule has 0 aliphatic rings. The van der Waals surface area contributed by atoms with E-state index in [1.807, 2.05) is 0 Å². The zero-order chi connectivity index (χ0) is 8.97. The lowest BCUT2D eigenvalue weighted by atomic mass is 10.1. The first-order valence-electron chi connectivity index (χ1n) is 3.82. The molecule has 1 heterocycles. The molecule has 12 heavy (non-hydrogen) atoms. The molecule has 0 amide bonds. The van der Waals surface area contributed by atoms with E-state index in [0.717, 1.165) is 5.13 Å². The highest BCUT2D eigenvalue weighted by atomic mass is 35.5. The topological polar surface area (TPSA) is 37.8 Å². The molecule has 1 N–H and O–H groups in total. The molecule has 1 aromatic rings. The molecule has 1 rings (SSSR count). The maximum absolute atomic E-state index is 5.71. The second-order valence-electron chi connectivity index (χ2n) is 2.81. The van der Waals surface area contributed by atoms with E-state index in [1.165, 1.54) is 11.3 Å². The first-order valence-corrected chi connectivity index (χ1v) is 5.24. The van der Waals surface area contributed by atoms with Crippen molar-refractivity contribution in [2.24, 2.45) is 5.92 Å². The molecule has 0 saturated carbocycles. The molecule has 0 spiro atoms. The minimum Gasteiger partial charge on any atom is -0.357 e. The minimum absolute atomic E-state index is 0.343. The van der Waals surface area contributed by atoms with E-state index in [2.05, 4.69) is 29.4 Å². The van der Waals surface area contributed by atoms with Crippen molar-refractivity contribution in [3.8, 4) is 0 Å². The fourth-order valence-corrected chi connectivity index (χ4v) is 1.52. The highest BCUT2D eigenvalue weighted by molar-refractivity contribution is 7.13. The largest absolute Gasteiger partial charge is 0.357 e. The van der Waals surface area contributed by atoms with Gasteiger partial charge >= 0.3 is 0 Å². The Labute approximate surface area is 81.2 Å². The quantitative estimate of drug-likeness (QED) is 0.766. The number of anilines is 1. The van der Waals surface area contributed by atoms with Crippen LogP contribution in [0.1, 0.15) is 13.8 Å². The van der Waals surface area contributed by atoms with E-state index in [0.29, 0.717) is 17.8 Å². The molecule has 0 aromatic carbocycles. The Bertz CT molecular complexity index is 214. The van der Waals surface area contributed by atoms with Crippen LogP contribution in [-0.2, 0) is 0 Å². The van der Waals surface area contributed by atoms with Crippen LogP contribution in [0, 0.1) is 5.92 Å². The molecule has 0 saturated heterocycles. The van der Waals surface area contributed by atoms with Crippen molar-refractivity contribution in [3.63, 3.8) is 0 Å². The number of halogens is 1. The van der Waals surface area contributed by atoms with Crippen LogP contribution in [-0.4, -0.2) is 22.1 Å². The molecule has 2 unspecified atom stereocenters. The molecule has 3 nitrogen and oxygen atoms in total. The van der Waals surface area contributed by atoms with Crippen LogP contribution < -0.4 is 5.32 Å². The Kier molecular flexibility index (Phi) is 3.75. The van der Waals surface area contributed by atoms with Crippen molar-refractivity contribution >= 4 is 28.1 Å². The Balaban J connectivity index is 2.41. The van der Waals surface area contributed by atoms with E-state index in [9.17, 15) is 0 Å². The smallest absolute Gasteiger partial charge is 0.205 e. The van der Waals surface area contributed by atoms with Gasteiger partial charge in [-0.15, -0.1) is 21.8 Å². The van der Waals surface area contributed by atoms with Crippen LogP contribution in [0.5, 0.6) is 0 Å². The van der Waals surface area contributed by atoms with Gasteiger partial charge in [0.1, 0.15) is 5.51 Å². The summed E-state index contributed by atoms with van der Waals surface area (Å²) in [4.78, 5) is 0. The predicted octanol–water partition coefficient (Wildman–Crippen LogP) is 2.21. The van der Waals surface area contributed by atoms with E-state index in [-0.39, 0.29) is 0 Å². The Morgan fingerprint density at radius 2 is 2.42 bits per heavy atom. The predicted molar refractivity (Wildman–Crippen MR) is 52.9 cm³/mol. The highest BCUT2D eigenvalue weighted by Crippen LogP contribution is 2.14. The third kappa shape index (κ3) is 2.60. The van der Waals surface area contributed by atoms with Crippen LogP contribution in [0.15, 0.2) is 5.51 Å². The maximum atomic E-state index is 5.71. The number of hydrogen-bond donors (Lipinski definition) is 1. The average molecular weight is 206 g/mol. The molecule has 68 valence electrons. The number of nitrogens with zero attached hydrogens (tertiary/aromatic N) is 2. The maximum Gasteiger partial charge on any atom is 0.205 e. The van der Waals surface area contributed by atoms with Crippen molar-refractivity contribution in [2.45, 2.75) is 19.9 Å². The van der Waals surface area contributed by atoms with Gasteiger partial charge in [-0.25, -0.2) is 0 Å². The van der Waals surface area contributed by atoms with Crippen molar-refractivity contribution in [1.29, 1.82) is 0 Å². The standard InChI is InChI=1S/C7H12ClN3S/c1-5(3-8)6(2)10-7-11-9-4-12-7/h4-6H,3H2,1-2H3,(H,10,11). The lowest BCUT2D eigenvalue weighted by molar-refractivity contribution is 0.565. The van der Waals surface area contributed by atoms with Gasteiger partial charge in [-0.3, -0.25) is 0 Å². The summed E-state index contributed by atoms with van der Waals surface area (Å²) >= 11 is 7.22. The van der Waals surface area contributed by atoms with E-state index >= 15 is 0 Å². The van der Waals surface area contributed by atoms with Crippen LogP contribution in [0.25, 0.3) is 0 Å². The molecule has 5 heteroatoms. The van der Waals surface area contributed by atoms with Crippen molar-refractivity contribution in [1.82, 2.24) is 10.2 Å². The zero-order valence-corrected chi connectivity index (χ0v) is 8.69. The van der Waals surface area contributed by atoms with Gasteiger partial charge in [-0.2, -0.15) is 0 Å². The van der Waals surface area contributed by atoms with E-state index in [1.54, 1.807) is 5.51 Å². The third-order valence-corrected chi connectivity index (χ3v) is 2.92. The Morgan fingerprint density at radius 1 is 1.67 bits per heavy atom. The number of hydrogen-bond acceptors (Lipinski definition) is 4. The van der Waals surface area contributed by atoms with Gasteiger partial charge in [0.15, 0.2) is 0 Å². The molecular formula is C7H12ClN3S. The number of aromatic nitrogens is 2. The third-order valence-electron chi connectivity index (χ3n) is 1.81. The second kappa shape index (κ2) is 4.62. The molecule has 0 bridgehead atoms. The highest BCUT2D eigenvalue weighted by Gasteiger charge is 2.11. The Morgan fingerprint density at radius 3 is 2.92 bits per heavy atom. The van der Waals surface area contributed by atoms with Gasteiger partial charge in [0.25, 0.3) is 0 Å². The number of alkyl halides is 1. The van der Waals surface area contributed by atoms with Gasteiger partial charge < -0.3 is 5.32 Å². The molecule has 0 aliphatic carbocycles. The molecule has 2 atom stereocenters. The van der Waals surface area contributed by atoms with Crippen LogP contribution in [0.4, 0.5) is 5.13 Å². The number of nitrogens with one attached hydrogen (secondary N) is 1. The lowest BCUT2D eigenvalue weighted by Gasteiger charge is -2.17. The normalized spacial score (nSPS) is 15.6. The summed E-state index contributed by atoms with van der Waals surface area (Å²) in [5, 5.41) is 11.7. The summed E-state index contributed by atoms with van der Waals surface area (Å²) < 4.78 is 0. The fourth-order valence-electron chi connectivity index (χ4n) is 0.707. The van der Waals surface area contributed by atoms with Gasteiger partial charge in [-0.05, 0) is 12.8 Å². The van der Waals surface area contributed by atoms with Gasteiger partial charge in [0.2, 0.25) is 5.13 Å². The summed E-state index contributed by atoms with van der Waals surface area (Å²) in [6.07, 6.45) is 0. The van der Waals surface area contributed by atoms with Crippen LogP contribution in [0.3, 0.4) is 0 Å². The second-order valence-corrected chi connectivity index (χ2v) is 3.95. The van der Waals surface area contributed by atoms with E-state index in [4.69, 9.17) is 11.6 Å². The summed E-state index contributed by atoms with van der Waals surface area (Å²) in [6, 6.07) is 0.343. The monoisotopic (exact) mass is 205 g/mol. The molecule has 1 aromatic heterocycles. The molecule has 0 radical (unpaired) electrons. The number of rotatable bonds is 4. The van der Waals surface area contributed by atoms with Crippen molar-refractivity contribution in [2.75, 3.05) is 11.2 Å². The van der Waals surface area contributed by atoms with Crippen LogP contribution >= 0.6 is 22.9 Å². The van der Waals surface area contributed by atoms with Crippen LogP contribution in [0.2, 0.25) is 0 Å². The average Bonchev–Trinajstić information content (AvgIpc) is 2.55. The van der Waals surface area contributed by atoms with Gasteiger partial charge in [0.05, 0.1) is 0 Å². The first-order chi connectivity index (χ1) is 5.74. The molecule has 0 aliphatic heterocycles. The zero-order valence-electron chi connectivity index (χ0n) is 7.12. The first kappa shape index (κ1) is 9.74. The van der Waals surface area contributed by atoms with Crippen molar-refractivity contribution < 1.29 is 0 Å². The van der Waals surface area contributed by atoms with E-state index < -0.39 is 0 Å². The SMILES string of the molecule is CC(CCl)C(C)Nc1nncs1. The minimum atomic E-state index is 0.343. The summed E-state index contributed by atoms with van der Waals surface area (Å²) in [7, 11) is 0. The van der Waals surface area contributed by atoms with Gasteiger partial charge in [-0.1, -0.05) is 18.3 Å². The summed E-state index contributed by atoms with van der Waals surface area (Å²) in [5.41, 5.74) is 1.71. The summed E-state index contributed by atoms with van der Waals surface area (Å²) in [6.45, 7) is 4.19. The Hall–Kier alpha value is -0.350.